The largest absolute Gasteiger partial charge is 0.322 e. The van der Waals surface area contributed by atoms with Gasteiger partial charge < -0.3 is 5.32 Å². The number of anilines is 2. The molecular formula is C18H18N2O4S. The van der Waals surface area contributed by atoms with Gasteiger partial charge in [0.15, 0.2) is 5.78 Å². The van der Waals surface area contributed by atoms with Crippen molar-refractivity contribution < 1.29 is 18.0 Å². The number of hydrogen-bond acceptors (Lipinski definition) is 4. The zero-order valence-corrected chi connectivity index (χ0v) is 14.8. The van der Waals surface area contributed by atoms with E-state index in [1.807, 2.05) is 0 Å². The summed E-state index contributed by atoms with van der Waals surface area (Å²) < 4.78 is 24.9. The number of amides is 1. The fourth-order valence-corrected chi connectivity index (χ4v) is 3.83. The molecule has 1 aliphatic rings. The van der Waals surface area contributed by atoms with E-state index in [1.165, 1.54) is 17.5 Å². The van der Waals surface area contributed by atoms with Crippen LogP contribution >= 0.6 is 0 Å². The molecule has 0 fully saturated rings. The van der Waals surface area contributed by atoms with Crippen molar-refractivity contribution in [3.05, 3.63) is 59.2 Å². The van der Waals surface area contributed by atoms with Crippen LogP contribution in [0.15, 0.2) is 42.5 Å². The Labute approximate surface area is 146 Å². The predicted octanol–water partition coefficient (Wildman–Crippen LogP) is 2.46. The molecule has 2 aromatic carbocycles. The lowest BCUT2D eigenvalue weighted by atomic mass is 10.1. The van der Waals surface area contributed by atoms with E-state index in [2.05, 4.69) is 5.32 Å². The molecule has 25 heavy (non-hydrogen) atoms. The van der Waals surface area contributed by atoms with Crippen molar-refractivity contribution in [2.24, 2.45) is 0 Å². The second-order valence-corrected chi connectivity index (χ2v) is 7.93. The first-order valence-electron chi connectivity index (χ1n) is 7.79. The first-order chi connectivity index (χ1) is 11.8. The maximum absolute atomic E-state index is 12.4. The lowest BCUT2D eigenvalue weighted by Crippen LogP contribution is -2.27. The summed E-state index contributed by atoms with van der Waals surface area (Å²) in [5, 5.41) is 2.76. The first kappa shape index (κ1) is 17.2. The Morgan fingerprint density at radius 2 is 1.84 bits per heavy atom. The van der Waals surface area contributed by atoms with Crippen molar-refractivity contribution in [1.82, 2.24) is 0 Å². The molecule has 0 unspecified atom stereocenters. The highest BCUT2D eigenvalue weighted by Crippen LogP contribution is 2.30. The van der Waals surface area contributed by atoms with E-state index < -0.39 is 10.0 Å². The Morgan fingerprint density at radius 1 is 1.08 bits per heavy atom. The molecule has 1 amide bonds. The van der Waals surface area contributed by atoms with Gasteiger partial charge >= 0.3 is 0 Å². The van der Waals surface area contributed by atoms with E-state index in [9.17, 15) is 18.0 Å². The summed E-state index contributed by atoms with van der Waals surface area (Å²) in [7, 11) is -3.31. The summed E-state index contributed by atoms with van der Waals surface area (Å²) in [6.07, 6.45) is 1.74. The number of ketones is 1. The van der Waals surface area contributed by atoms with E-state index >= 15 is 0 Å². The molecule has 0 atom stereocenters. The number of nitrogens with one attached hydrogen (secondary N) is 1. The summed E-state index contributed by atoms with van der Waals surface area (Å²) in [5.41, 5.74) is 2.96. The van der Waals surface area contributed by atoms with Crippen molar-refractivity contribution in [2.45, 2.75) is 13.3 Å². The molecule has 0 bridgehead atoms. The highest BCUT2D eigenvalue weighted by Gasteiger charge is 2.26. The number of hydrogen-bond donors (Lipinski definition) is 1. The van der Waals surface area contributed by atoms with Gasteiger partial charge in [-0.2, -0.15) is 0 Å². The minimum atomic E-state index is -3.31. The minimum Gasteiger partial charge on any atom is -0.322 e. The average Bonchev–Trinajstić information content (AvgIpc) is 2.98. The van der Waals surface area contributed by atoms with Gasteiger partial charge in [-0.1, -0.05) is 12.1 Å². The maximum Gasteiger partial charge on any atom is 0.255 e. The Kier molecular flexibility index (Phi) is 4.34. The van der Waals surface area contributed by atoms with Crippen LogP contribution in [0.25, 0.3) is 0 Å². The van der Waals surface area contributed by atoms with Gasteiger partial charge in [0.05, 0.1) is 11.9 Å². The molecule has 0 radical (unpaired) electrons. The Hall–Kier alpha value is -2.67. The number of rotatable bonds is 4. The molecule has 0 aliphatic carbocycles. The normalized spacial score (nSPS) is 13.4. The molecule has 1 N–H and O–H groups in total. The molecule has 2 aromatic rings. The summed E-state index contributed by atoms with van der Waals surface area (Å²) in [6.45, 7) is 1.86. The monoisotopic (exact) mass is 358 g/mol. The SMILES string of the molecule is CC(=O)c1cccc(NC(=O)c2ccc3c(c2)CCN3S(C)(=O)=O)c1. The second kappa shape index (κ2) is 6.33. The standard InChI is InChI=1S/C18H18N2O4S/c1-12(21)13-4-3-5-16(11-13)19-18(22)15-6-7-17-14(10-15)8-9-20(17)25(2,23)24/h3-7,10-11H,8-9H2,1-2H3,(H,19,22). The number of fused-ring (bicyclic) bond motifs is 1. The Balaban J connectivity index is 1.83. The maximum atomic E-state index is 12.4. The van der Waals surface area contributed by atoms with Crippen molar-refractivity contribution in [3.8, 4) is 0 Å². The van der Waals surface area contributed by atoms with Gasteiger partial charge in [-0.25, -0.2) is 8.42 Å². The van der Waals surface area contributed by atoms with E-state index in [1.54, 1.807) is 42.5 Å². The third kappa shape index (κ3) is 3.56. The van der Waals surface area contributed by atoms with E-state index in [0.29, 0.717) is 35.5 Å². The highest BCUT2D eigenvalue weighted by molar-refractivity contribution is 7.92. The molecule has 3 rings (SSSR count). The molecule has 0 aromatic heterocycles. The lowest BCUT2D eigenvalue weighted by Gasteiger charge is -2.16. The van der Waals surface area contributed by atoms with Gasteiger partial charge in [-0.05, 0) is 49.2 Å². The van der Waals surface area contributed by atoms with Crippen LogP contribution in [0, 0.1) is 0 Å². The molecular weight excluding hydrogens is 340 g/mol. The summed E-state index contributed by atoms with van der Waals surface area (Å²) in [4.78, 5) is 23.9. The zero-order chi connectivity index (χ0) is 18.2. The second-order valence-electron chi connectivity index (χ2n) is 6.02. The smallest absolute Gasteiger partial charge is 0.255 e. The van der Waals surface area contributed by atoms with Crippen molar-refractivity contribution in [1.29, 1.82) is 0 Å². The number of benzene rings is 2. The van der Waals surface area contributed by atoms with Crippen molar-refractivity contribution >= 4 is 33.1 Å². The van der Waals surface area contributed by atoms with E-state index in [-0.39, 0.29) is 11.7 Å². The predicted molar refractivity (Wildman–Crippen MR) is 96.7 cm³/mol. The third-order valence-corrected chi connectivity index (χ3v) is 5.30. The molecule has 6 nitrogen and oxygen atoms in total. The van der Waals surface area contributed by atoms with Crippen LogP contribution in [0.2, 0.25) is 0 Å². The van der Waals surface area contributed by atoms with Crippen LogP contribution in [0.3, 0.4) is 0 Å². The van der Waals surface area contributed by atoms with Crippen LogP contribution in [0.4, 0.5) is 11.4 Å². The zero-order valence-electron chi connectivity index (χ0n) is 13.9. The quantitative estimate of drug-likeness (QED) is 0.851. The van der Waals surface area contributed by atoms with E-state index in [0.717, 1.165) is 5.56 Å². The molecule has 130 valence electrons. The number of sulfonamides is 1. The van der Waals surface area contributed by atoms with Crippen LogP contribution in [-0.4, -0.2) is 32.9 Å². The molecule has 0 saturated heterocycles. The Morgan fingerprint density at radius 3 is 2.52 bits per heavy atom. The van der Waals surface area contributed by atoms with Gasteiger partial charge in [0.1, 0.15) is 0 Å². The lowest BCUT2D eigenvalue weighted by molar-refractivity contribution is 0.101. The summed E-state index contributed by atoms with van der Waals surface area (Å²) >= 11 is 0. The molecule has 1 aliphatic heterocycles. The fraction of sp³-hybridized carbons (Fsp3) is 0.222. The van der Waals surface area contributed by atoms with Crippen LogP contribution in [0.1, 0.15) is 33.2 Å². The van der Waals surface area contributed by atoms with Gasteiger partial charge in [-0.15, -0.1) is 0 Å². The summed E-state index contributed by atoms with van der Waals surface area (Å²) in [5.74, 6) is -0.379. The van der Waals surface area contributed by atoms with E-state index in [4.69, 9.17) is 0 Å². The fourth-order valence-electron chi connectivity index (χ4n) is 2.88. The average molecular weight is 358 g/mol. The van der Waals surface area contributed by atoms with Crippen molar-refractivity contribution in [3.63, 3.8) is 0 Å². The molecule has 0 spiro atoms. The van der Waals surface area contributed by atoms with Crippen molar-refractivity contribution in [2.75, 3.05) is 22.4 Å². The van der Waals surface area contributed by atoms with Gasteiger partial charge in [0.2, 0.25) is 10.0 Å². The number of carbonyl (C=O) groups is 2. The number of carbonyl (C=O) groups excluding carboxylic acids is 2. The minimum absolute atomic E-state index is 0.0745. The van der Waals surface area contributed by atoms with Crippen LogP contribution in [-0.2, 0) is 16.4 Å². The first-order valence-corrected chi connectivity index (χ1v) is 9.63. The van der Waals surface area contributed by atoms with Gasteiger partial charge in [-0.3, -0.25) is 13.9 Å². The van der Waals surface area contributed by atoms with Gasteiger partial charge in [0, 0.05) is 23.4 Å². The highest BCUT2D eigenvalue weighted by atomic mass is 32.2. The molecule has 7 heteroatoms. The van der Waals surface area contributed by atoms with Crippen LogP contribution < -0.4 is 9.62 Å². The Bertz CT molecular complexity index is 967. The third-order valence-electron chi connectivity index (χ3n) is 4.12. The number of Topliss-reactive ketones (excluding diaryl/α,β-unsaturated/α-hetero) is 1. The topological polar surface area (TPSA) is 83.6 Å². The number of nitrogens with zero attached hydrogens (tertiary/aromatic N) is 1. The van der Waals surface area contributed by atoms with Crippen LogP contribution in [0.5, 0.6) is 0 Å². The summed E-state index contributed by atoms with van der Waals surface area (Å²) in [6, 6.07) is 11.7. The molecule has 1 heterocycles. The van der Waals surface area contributed by atoms with Gasteiger partial charge in [0.25, 0.3) is 5.91 Å². The molecule has 0 saturated carbocycles.